The Labute approximate surface area is 191 Å². The summed E-state index contributed by atoms with van der Waals surface area (Å²) in [5.74, 6) is -1.61. The number of hydrogen-bond donors (Lipinski definition) is 1. The first kappa shape index (κ1) is 21.9. The highest BCUT2D eigenvalue weighted by atomic mass is 35.5. The van der Waals surface area contributed by atoms with E-state index >= 15 is 0 Å². The number of carbonyl (C=O) groups is 2. The van der Waals surface area contributed by atoms with E-state index in [-0.39, 0.29) is 23.9 Å². The summed E-state index contributed by atoms with van der Waals surface area (Å²) < 4.78 is 5.26. The number of aliphatic hydroxyl groups is 1. The van der Waals surface area contributed by atoms with Crippen LogP contribution in [0.3, 0.4) is 0 Å². The molecule has 0 saturated heterocycles. The molecule has 4 rings (SSSR count). The summed E-state index contributed by atoms with van der Waals surface area (Å²) in [4.78, 5) is 30.0. The summed E-state index contributed by atoms with van der Waals surface area (Å²) in [6.07, 6.45) is 1.38. The molecule has 0 saturated carbocycles. The maximum absolute atomic E-state index is 13.2. The van der Waals surface area contributed by atoms with Gasteiger partial charge in [0.05, 0.1) is 23.9 Å². The van der Waals surface area contributed by atoms with Gasteiger partial charge in [0.1, 0.15) is 0 Å². The quantitative estimate of drug-likeness (QED) is 0.523. The molecule has 0 radical (unpaired) electrons. The second kappa shape index (κ2) is 9.02. The van der Waals surface area contributed by atoms with Crippen molar-refractivity contribution in [2.24, 2.45) is 0 Å². The second-order valence-electron chi connectivity index (χ2n) is 7.87. The van der Waals surface area contributed by atoms with Gasteiger partial charge in [-0.2, -0.15) is 0 Å². The first-order valence-corrected chi connectivity index (χ1v) is 10.6. The Hall–Kier alpha value is -3.35. The topological polar surface area (TPSA) is 74.0 Å². The van der Waals surface area contributed by atoms with Crippen molar-refractivity contribution in [1.82, 2.24) is 9.80 Å². The Balaban J connectivity index is 1.78. The first-order valence-electron chi connectivity index (χ1n) is 10.2. The molecule has 1 aliphatic rings. The maximum Gasteiger partial charge on any atom is 0.290 e. The zero-order valence-electron chi connectivity index (χ0n) is 17.7. The molecule has 2 aromatic carbocycles. The van der Waals surface area contributed by atoms with Gasteiger partial charge in [0, 0.05) is 11.6 Å². The number of hydrogen-bond acceptors (Lipinski definition) is 5. The van der Waals surface area contributed by atoms with Crippen LogP contribution in [0, 0.1) is 0 Å². The van der Waals surface area contributed by atoms with Gasteiger partial charge in [-0.15, -0.1) is 0 Å². The monoisotopic (exact) mass is 450 g/mol. The standard InChI is InChI=1S/C25H23ClN2O4/c1-27(2)19(16-7-4-3-5-8-16)15-28-22(17-10-12-18(26)13-11-17)21(24(30)25(28)31)23(29)20-9-6-14-32-20/h3-14,19,22,30H,15H2,1-2H3. The molecule has 0 spiro atoms. The first-order chi connectivity index (χ1) is 15.4. The SMILES string of the molecule is CN(C)C(CN1C(=O)C(O)=C(C(=O)c2ccco2)C1c1ccc(Cl)cc1)c1ccccc1. The van der Waals surface area contributed by atoms with Crippen LogP contribution in [0.2, 0.25) is 5.02 Å². The van der Waals surface area contributed by atoms with E-state index in [0.29, 0.717) is 10.6 Å². The Morgan fingerprint density at radius 1 is 1.09 bits per heavy atom. The van der Waals surface area contributed by atoms with Crippen molar-refractivity contribution in [2.45, 2.75) is 12.1 Å². The molecule has 164 valence electrons. The molecule has 0 fully saturated rings. The van der Waals surface area contributed by atoms with Crippen LogP contribution in [-0.4, -0.2) is 47.2 Å². The summed E-state index contributed by atoms with van der Waals surface area (Å²) in [6.45, 7) is 0.266. The number of Topliss-reactive ketones (excluding diaryl/α,β-unsaturated/α-hetero) is 1. The Kier molecular flexibility index (Phi) is 6.17. The summed E-state index contributed by atoms with van der Waals surface area (Å²) in [6, 6.07) is 18.9. The molecular weight excluding hydrogens is 428 g/mol. The normalized spacial score (nSPS) is 17.3. The van der Waals surface area contributed by atoms with Crippen molar-refractivity contribution in [3.63, 3.8) is 0 Å². The van der Waals surface area contributed by atoms with Crippen LogP contribution < -0.4 is 0 Å². The Morgan fingerprint density at radius 2 is 1.78 bits per heavy atom. The van der Waals surface area contributed by atoms with Gasteiger partial charge in [0.15, 0.2) is 11.5 Å². The second-order valence-corrected chi connectivity index (χ2v) is 8.31. The molecule has 3 aromatic rings. The van der Waals surface area contributed by atoms with Gasteiger partial charge in [0.25, 0.3) is 5.91 Å². The number of rotatable bonds is 7. The summed E-state index contributed by atoms with van der Waals surface area (Å²) in [7, 11) is 3.86. The van der Waals surface area contributed by atoms with Crippen molar-refractivity contribution in [3.05, 3.63) is 106 Å². The minimum absolute atomic E-state index is 0.00200. The third kappa shape index (κ3) is 4.07. The van der Waals surface area contributed by atoms with Crippen molar-refractivity contribution in [1.29, 1.82) is 0 Å². The van der Waals surface area contributed by atoms with E-state index in [0.717, 1.165) is 5.56 Å². The summed E-state index contributed by atoms with van der Waals surface area (Å²) in [5.41, 5.74) is 1.69. The van der Waals surface area contributed by atoms with Gasteiger partial charge >= 0.3 is 0 Å². The minimum Gasteiger partial charge on any atom is -0.503 e. The van der Waals surface area contributed by atoms with E-state index in [4.69, 9.17) is 16.0 Å². The van der Waals surface area contributed by atoms with Crippen molar-refractivity contribution >= 4 is 23.3 Å². The number of aliphatic hydroxyl groups excluding tert-OH is 1. The Morgan fingerprint density at radius 3 is 2.38 bits per heavy atom. The molecule has 1 amide bonds. The average Bonchev–Trinajstić information content (AvgIpc) is 3.41. The summed E-state index contributed by atoms with van der Waals surface area (Å²) in [5, 5.41) is 11.3. The van der Waals surface area contributed by atoms with Crippen molar-refractivity contribution in [2.75, 3.05) is 20.6 Å². The summed E-state index contributed by atoms with van der Waals surface area (Å²) >= 11 is 6.07. The fourth-order valence-electron chi connectivity index (χ4n) is 4.03. The molecule has 2 atom stereocenters. The zero-order valence-corrected chi connectivity index (χ0v) is 18.5. The predicted molar refractivity (Wildman–Crippen MR) is 121 cm³/mol. The van der Waals surface area contributed by atoms with Crippen molar-refractivity contribution in [3.8, 4) is 0 Å². The average molecular weight is 451 g/mol. The van der Waals surface area contributed by atoms with Gasteiger partial charge in [-0.1, -0.05) is 54.1 Å². The number of amides is 1. The molecule has 7 heteroatoms. The van der Waals surface area contributed by atoms with Gasteiger partial charge in [0.2, 0.25) is 5.78 Å². The number of nitrogens with zero attached hydrogens (tertiary/aromatic N) is 2. The number of halogens is 1. The molecule has 1 aromatic heterocycles. The zero-order chi connectivity index (χ0) is 22.8. The van der Waals surface area contributed by atoms with E-state index in [2.05, 4.69) is 0 Å². The maximum atomic E-state index is 13.2. The van der Waals surface area contributed by atoms with Gasteiger partial charge < -0.3 is 19.3 Å². The third-order valence-electron chi connectivity index (χ3n) is 5.66. The number of benzene rings is 2. The van der Waals surface area contributed by atoms with Crippen LogP contribution in [-0.2, 0) is 4.79 Å². The fourth-order valence-corrected chi connectivity index (χ4v) is 4.16. The molecule has 1 aliphatic heterocycles. The molecule has 32 heavy (non-hydrogen) atoms. The fraction of sp³-hybridized carbons (Fsp3) is 0.200. The van der Waals surface area contributed by atoms with E-state index in [1.165, 1.54) is 17.2 Å². The van der Waals surface area contributed by atoms with E-state index in [1.54, 1.807) is 30.3 Å². The number of ketones is 1. The minimum atomic E-state index is -0.775. The third-order valence-corrected chi connectivity index (χ3v) is 5.91. The lowest BCUT2D eigenvalue weighted by molar-refractivity contribution is -0.130. The number of furan rings is 1. The molecule has 0 aliphatic carbocycles. The smallest absolute Gasteiger partial charge is 0.290 e. The largest absolute Gasteiger partial charge is 0.503 e. The van der Waals surface area contributed by atoms with Gasteiger partial charge in [-0.05, 0) is 49.5 Å². The van der Waals surface area contributed by atoms with Crippen LogP contribution in [0.4, 0.5) is 0 Å². The molecule has 6 nitrogen and oxygen atoms in total. The van der Waals surface area contributed by atoms with Crippen LogP contribution in [0.25, 0.3) is 0 Å². The van der Waals surface area contributed by atoms with E-state index in [1.807, 2.05) is 49.3 Å². The molecule has 2 unspecified atom stereocenters. The van der Waals surface area contributed by atoms with Crippen LogP contribution >= 0.6 is 11.6 Å². The highest BCUT2D eigenvalue weighted by Crippen LogP contribution is 2.40. The van der Waals surface area contributed by atoms with E-state index in [9.17, 15) is 14.7 Å². The van der Waals surface area contributed by atoms with Gasteiger partial charge in [-0.25, -0.2) is 0 Å². The molecule has 2 heterocycles. The van der Waals surface area contributed by atoms with Crippen LogP contribution in [0.15, 0.2) is 88.7 Å². The van der Waals surface area contributed by atoms with Gasteiger partial charge in [-0.3, -0.25) is 9.59 Å². The lowest BCUT2D eigenvalue weighted by atomic mass is 9.94. The lowest BCUT2D eigenvalue weighted by Crippen LogP contribution is -2.38. The van der Waals surface area contributed by atoms with Crippen LogP contribution in [0.1, 0.15) is 33.8 Å². The number of likely N-dealkylation sites (N-methyl/N-ethyl adjacent to an activating group) is 1. The highest BCUT2D eigenvalue weighted by Gasteiger charge is 2.45. The van der Waals surface area contributed by atoms with Crippen molar-refractivity contribution < 1.29 is 19.1 Å². The predicted octanol–water partition coefficient (Wildman–Crippen LogP) is 4.81. The highest BCUT2D eigenvalue weighted by molar-refractivity contribution is 6.30. The Bertz CT molecular complexity index is 1140. The number of carbonyl (C=O) groups excluding carboxylic acids is 2. The van der Waals surface area contributed by atoms with Crippen LogP contribution in [0.5, 0.6) is 0 Å². The molecular formula is C25H23ClN2O4. The van der Waals surface area contributed by atoms with E-state index < -0.39 is 23.5 Å². The lowest BCUT2D eigenvalue weighted by Gasteiger charge is -2.33. The molecule has 0 bridgehead atoms. The molecule has 1 N–H and O–H groups in total.